The molecule has 20 heavy (non-hydrogen) atoms. The molecule has 0 atom stereocenters. The van der Waals surface area contributed by atoms with Crippen molar-refractivity contribution in [3.63, 3.8) is 0 Å². The summed E-state index contributed by atoms with van der Waals surface area (Å²) in [6.07, 6.45) is 0. The molecule has 102 valence electrons. The summed E-state index contributed by atoms with van der Waals surface area (Å²) in [5.74, 6) is -0.118. The largest absolute Gasteiger partial charge is 0.488 e. The first kappa shape index (κ1) is 13.8. The molecule has 0 aromatic heterocycles. The molecule has 0 bridgehead atoms. The van der Waals surface area contributed by atoms with Gasteiger partial charge >= 0.3 is 0 Å². The highest BCUT2D eigenvalue weighted by Gasteiger charge is 2.20. The lowest BCUT2D eigenvalue weighted by atomic mass is 9.99. The van der Waals surface area contributed by atoms with Gasteiger partial charge in [-0.2, -0.15) is 0 Å². The molecule has 0 aliphatic carbocycles. The first-order valence-corrected chi connectivity index (χ1v) is 6.13. The minimum Gasteiger partial charge on any atom is -0.488 e. The molecule has 3 rings (SSSR count). The number of carboxylic acids is 1. The van der Waals surface area contributed by atoms with Crippen LogP contribution < -0.4 is 4.74 Å². The van der Waals surface area contributed by atoms with E-state index in [-0.39, 0.29) is 5.78 Å². The molecule has 0 radical (unpaired) electrons. The van der Waals surface area contributed by atoms with Gasteiger partial charge in [0.2, 0.25) is 0 Å². The van der Waals surface area contributed by atoms with Crippen LogP contribution in [-0.2, 0) is 11.4 Å². The number of para-hydroxylation sites is 1. The number of carboxylic acid groups (broad SMARTS) is 1. The second-order valence-electron chi connectivity index (χ2n) is 4.29. The van der Waals surface area contributed by atoms with Gasteiger partial charge in [0.05, 0.1) is 5.56 Å². The second-order valence-corrected chi connectivity index (χ2v) is 4.29. The molecule has 0 fully saturated rings. The van der Waals surface area contributed by atoms with E-state index < -0.39 is 5.97 Å². The second kappa shape index (κ2) is 6.02. The van der Waals surface area contributed by atoms with E-state index in [1.165, 1.54) is 0 Å². The van der Waals surface area contributed by atoms with E-state index in [2.05, 4.69) is 0 Å². The average Bonchev–Trinajstić information content (AvgIpc) is 2.57. The molecule has 4 heteroatoms. The van der Waals surface area contributed by atoms with Crippen molar-refractivity contribution in [1.82, 2.24) is 0 Å². The zero-order valence-corrected chi connectivity index (χ0v) is 11.0. The normalized spacial score (nSPS) is 11.9. The summed E-state index contributed by atoms with van der Waals surface area (Å²) >= 11 is 0. The number of aliphatic carboxylic acids is 1. The Morgan fingerprint density at radius 2 is 1.60 bits per heavy atom. The highest BCUT2D eigenvalue weighted by molar-refractivity contribution is 6.11. The van der Waals surface area contributed by atoms with Gasteiger partial charge < -0.3 is 9.84 Å². The minimum absolute atomic E-state index is 0.0451. The average molecular weight is 270 g/mol. The third-order valence-corrected chi connectivity index (χ3v) is 2.78. The molecule has 1 N–H and O–H groups in total. The Balaban J connectivity index is 0.000000328. The molecule has 0 unspecified atom stereocenters. The zero-order valence-electron chi connectivity index (χ0n) is 11.0. The van der Waals surface area contributed by atoms with Crippen LogP contribution in [0.4, 0.5) is 0 Å². The molecule has 2 aromatic rings. The van der Waals surface area contributed by atoms with Crippen molar-refractivity contribution < 1.29 is 19.4 Å². The smallest absolute Gasteiger partial charge is 0.300 e. The van der Waals surface area contributed by atoms with Crippen LogP contribution in [0, 0.1) is 0 Å². The minimum atomic E-state index is -0.833. The summed E-state index contributed by atoms with van der Waals surface area (Å²) in [6, 6.07) is 15.0. The summed E-state index contributed by atoms with van der Waals surface area (Å²) < 4.78 is 5.62. The molecule has 1 heterocycles. The number of hydrogen-bond acceptors (Lipinski definition) is 3. The van der Waals surface area contributed by atoms with Crippen LogP contribution in [0.1, 0.15) is 28.4 Å². The number of ether oxygens (including phenoxy) is 1. The monoisotopic (exact) mass is 270 g/mol. The van der Waals surface area contributed by atoms with Gasteiger partial charge in [0, 0.05) is 18.1 Å². The van der Waals surface area contributed by atoms with Gasteiger partial charge in [-0.05, 0) is 12.1 Å². The predicted octanol–water partition coefficient (Wildman–Crippen LogP) is 2.90. The number of carbonyl (C=O) groups is 2. The zero-order chi connectivity index (χ0) is 14.5. The number of rotatable bonds is 0. The van der Waals surface area contributed by atoms with E-state index in [0.29, 0.717) is 17.9 Å². The maximum absolute atomic E-state index is 12.2. The molecule has 0 spiro atoms. The van der Waals surface area contributed by atoms with Crippen LogP contribution in [0.15, 0.2) is 48.5 Å². The molecule has 1 aliphatic rings. The van der Waals surface area contributed by atoms with Gasteiger partial charge in [-0.25, -0.2) is 0 Å². The Kier molecular flexibility index (Phi) is 4.15. The SMILES string of the molecule is CC(=O)O.O=C1c2ccccc2COc2ccccc21. The van der Waals surface area contributed by atoms with Crippen LogP contribution in [0.5, 0.6) is 5.75 Å². The fourth-order valence-corrected chi connectivity index (χ4v) is 1.95. The van der Waals surface area contributed by atoms with Crippen LogP contribution in [0.3, 0.4) is 0 Å². The van der Waals surface area contributed by atoms with Gasteiger partial charge in [0.15, 0.2) is 5.78 Å². The lowest BCUT2D eigenvalue weighted by Gasteiger charge is -2.04. The molecule has 1 aliphatic heterocycles. The van der Waals surface area contributed by atoms with Gasteiger partial charge in [0.25, 0.3) is 5.97 Å². The van der Waals surface area contributed by atoms with Gasteiger partial charge in [-0.3, -0.25) is 9.59 Å². The highest BCUT2D eigenvalue weighted by Crippen LogP contribution is 2.27. The number of hydrogen-bond donors (Lipinski definition) is 1. The Morgan fingerprint density at radius 1 is 1.05 bits per heavy atom. The third kappa shape index (κ3) is 3.03. The number of fused-ring (bicyclic) bond motifs is 2. The first-order valence-electron chi connectivity index (χ1n) is 6.13. The van der Waals surface area contributed by atoms with Crippen molar-refractivity contribution in [1.29, 1.82) is 0 Å². The van der Waals surface area contributed by atoms with E-state index >= 15 is 0 Å². The summed E-state index contributed by atoms with van der Waals surface area (Å²) in [5.41, 5.74) is 2.34. The molecule has 2 aromatic carbocycles. The van der Waals surface area contributed by atoms with Gasteiger partial charge in [-0.15, -0.1) is 0 Å². The van der Waals surface area contributed by atoms with Crippen molar-refractivity contribution in [3.8, 4) is 5.75 Å². The fourth-order valence-electron chi connectivity index (χ4n) is 1.95. The van der Waals surface area contributed by atoms with E-state index in [9.17, 15) is 4.79 Å². The lowest BCUT2D eigenvalue weighted by Crippen LogP contribution is -2.01. The van der Waals surface area contributed by atoms with Crippen LogP contribution in [0.2, 0.25) is 0 Å². The van der Waals surface area contributed by atoms with Crippen molar-refractivity contribution in [2.45, 2.75) is 13.5 Å². The maximum atomic E-state index is 12.2. The molecule has 0 saturated carbocycles. The molecular weight excluding hydrogens is 256 g/mol. The van der Waals surface area contributed by atoms with Crippen LogP contribution in [-0.4, -0.2) is 16.9 Å². The standard InChI is InChI=1S/C14H10O2.C2H4O2/c15-14-11-6-2-1-5-10(11)9-16-13-8-4-3-7-12(13)14;1-2(3)4/h1-8H,9H2;1H3,(H,3,4). The van der Waals surface area contributed by atoms with E-state index in [1.807, 2.05) is 42.5 Å². The first-order chi connectivity index (χ1) is 9.59. The number of carbonyl (C=O) groups excluding carboxylic acids is 1. The summed E-state index contributed by atoms with van der Waals surface area (Å²) in [5, 5.41) is 7.42. The summed E-state index contributed by atoms with van der Waals surface area (Å²) in [4.78, 5) is 21.2. The Morgan fingerprint density at radius 3 is 2.30 bits per heavy atom. The molecule has 0 saturated heterocycles. The Labute approximate surface area is 116 Å². The molecular formula is C16H14O4. The van der Waals surface area contributed by atoms with E-state index in [0.717, 1.165) is 18.1 Å². The van der Waals surface area contributed by atoms with Gasteiger partial charge in [0.1, 0.15) is 12.4 Å². The number of ketones is 1. The Hall–Kier alpha value is -2.62. The van der Waals surface area contributed by atoms with Crippen molar-refractivity contribution in [2.75, 3.05) is 0 Å². The van der Waals surface area contributed by atoms with Crippen molar-refractivity contribution >= 4 is 11.8 Å². The van der Waals surface area contributed by atoms with Crippen molar-refractivity contribution in [2.24, 2.45) is 0 Å². The molecule has 4 nitrogen and oxygen atoms in total. The van der Waals surface area contributed by atoms with E-state index in [4.69, 9.17) is 14.6 Å². The predicted molar refractivity (Wildman–Crippen MR) is 74.0 cm³/mol. The van der Waals surface area contributed by atoms with E-state index in [1.54, 1.807) is 6.07 Å². The summed E-state index contributed by atoms with van der Waals surface area (Å²) in [7, 11) is 0. The maximum Gasteiger partial charge on any atom is 0.300 e. The van der Waals surface area contributed by atoms with Crippen molar-refractivity contribution in [3.05, 3.63) is 65.2 Å². The third-order valence-electron chi connectivity index (χ3n) is 2.78. The topological polar surface area (TPSA) is 63.6 Å². The van der Waals surface area contributed by atoms with Gasteiger partial charge in [-0.1, -0.05) is 36.4 Å². The quantitative estimate of drug-likeness (QED) is 0.799. The summed E-state index contributed by atoms with van der Waals surface area (Å²) in [6.45, 7) is 1.54. The Bertz CT molecular complexity index is 593. The highest BCUT2D eigenvalue weighted by atomic mass is 16.5. The number of benzene rings is 2. The van der Waals surface area contributed by atoms with Crippen LogP contribution in [0.25, 0.3) is 0 Å². The molecule has 0 amide bonds. The lowest BCUT2D eigenvalue weighted by molar-refractivity contribution is -0.134. The van der Waals surface area contributed by atoms with Crippen LogP contribution >= 0.6 is 0 Å². The fraction of sp³-hybridized carbons (Fsp3) is 0.125.